The highest BCUT2D eigenvalue weighted by Crippen LogP contribution is 2.35. The van der Waals surface area contributed by atoms with Crippen LogP contribution in [0.15, 0.2) is 54.6 Å². The van der Waals surface area contributed by atoms with Crippen LogP contribution >= 0.6 is 0 Å². The number of hydrogen-bond donors (Lipinski definition) is 2. The molecule has 9 nitrogen and oxygen atoms in total. The van der Waals surface area contributed by atoms with Crippen molar-refractivity contribution in [1.29, 1.82) is 0 Å². The Morgan fingerprint density at radius 2 is 1.80 bits per heavy atom. The largest absolute Gasteiger partial charge is 0.490 e. The van der Waals surface area contributed by atoms with Crippen LogP contribution in [0, 0.1) is 13.8 Å². The molecule has 44 heavy (non-hydrogen) atoms. The second-order valence-corrected chi connectivity index (χ2v) is 10.9. The van der Waals surface area contributed by atoms with Crippen LogP contribution in [0.1, 0.15) is 59.1 Å². The number of benzene rings is 3. The number of halogens is 3. The second-order valence-electron chi connectivity index (χ2n) is 10.9. The van der Waals surface area contributed by atoms with Crippen LogP contribution in [0.3, 0.4) is 0 Å². The van der Waals surface area contributed by atoms with E-state index in [1.807, 2.05) is 32.2 Å². The molecule has 3 aromatic carbocycles. The van der Waals surface area contributed by atoms with Crippen molar-refractivity contribution in [1.82, 2.24) is 19.9 Å². The van der Waals surface area contributed by atoms with Crippen LogP contribution in [-0.2, 0) is 29.7 Å². The van der Waals surface area contributed by atoms with E-state index in [4.69, 9.17) is 14.6 Å². The van der Waals surface area contributed by atoms with Crippen LogP contribution in [0.2, 0.25) is 0 Å². The molecule has 0 bridgehead atoms. The molecule has 2 heterocycles. The summed E-state index contributed by atoms with van der Waals surface area (Å²) < 4.78 is 39.8. The molecule has 0 radical (unpaired) electrons. The van der Waals surface area contributed by atoms with Crippen LogP contribution < -0.4 is 4.74 Å². The zero-order valence-corrected chi connectivity index (χ0v) is 24.9. The number of aromatic nitrogens is 3. The molecule has 1 aromatic heterocycles. The predicted molar refractivity (Wildman–Crippen MR) is 157 cm³/mol. The fraction of sp³-hybridized carbons (Fsp3) is 0.375. The van der Waals surface area contributed by atoms with E-state index in [-0.39, 0.29) is 18.4 Å². The zero-order chi connectivity index (χ0) is 32.2. The molecule has 2 N–H and O–H groups in total. The van der Waals surface area contributed by atoms with Crippen LogP contribution in [0.4, 0.5) is 13.2 Å². The van der Waals surface area contributed by atoms with Crippen molar-refractivity contribution in [2.75, 3.05) is 6.54 Å². The average molecular weight is 613 g/mol. The molecule has 0 fully saturated rings. The second kappa shape index (κ2) is 13.5. The Hall–Kier alpha value is -4.45. The molecular formula is C32H35F3N4O5. The number of ether oxygens (including phenoxy) is 1. The molecule has 0 saturated carbocycles. The van der Waals surface area contributed by atoms with Crippen molar-refractivity contribution in [3.05, 3.63) is 88.0 Å². The van der Waals surface area contributed by atoms with Gasteiger partial charge in [-0.1, -0.05) is 54.6 Å². The number of aryl methyl sites for hydroxylation is 3. The summed E-state index contributed by atoms with van der Waals surface area (Å²) in [6.07, 6.45) is -4.00. The van der Waals surface area contributed by atoms with Gasteiger partial charge in [-0.25, -0.2) is 9.48 Å². The first kappa shape index (κ1) is 32.5. The molecule has 0 amide bonds. The summed E-state index contributed by atoms with van der Waals surface area (Å²) in [6, 6.07) is 18.7. The maximum absolute atomic E-state index is 12.0. The lowest BCUT2D eigenvalue weighted by Gasteiger charge is -2.25. The van der Waals surface area contributed by atoms with Gasteiger partial charge < -0.3 is 14.9 Å². The minimum Gasteiger partial charge on any atom is -0.489 e. The number of hydrogen-bond acceptors (Lipinski definition) is 6. The molecule has 4 aromatic rings. The smallest absolute Gasteiger partial charge is 0.489 e. The van der Waals surface area contributed by atoms with E-state index < -0.39 is 18.1 Å². The summed E-state index contributed by atoms with van der Waals surface area (Å²) in [6.45, 7) is 8.73. The van der Waals surface area contributed by atoms with E-state index in [2.05, 4.69) is 65.5 Å². The van der Waals surface area contributed by atoms with Crippen molar-refractivity contribution < 1.29 is 37.7 Å². The summed E-state index contributed by atoms with van der Waals surface area (Å²) in [7, 11) is 1.87. The first-order valence-corrected chi connectivity index (χ1v) is 14.2. The molecule has 1 aliphatic rings. The van der Waals surface area contributed by atoms with Crippen molar-refractivity contribution >= 4 is 23.0 Å². The van der Waals surface area contributed by atoms with Crippen molar-refractivity contribution in [3.63, 3.8) is 0 Å². The number of nitrogens with zero attached hydrogens (tertiary/aromatic N) is 4. The average Bonchev–Trinajstić information content (AvgIpc) is 3.24. The number of carboxylic acids is 2. The van der Waals surface area contributed by atoms with E-state index in [0.29, 0.717) is 0 Å². The lowest BCUT2D eigenvalue weighted by atomic mass is 9.84. The van der Waals surface area contributed by atoms with Gasteiger partial charge in [-0.15, -0.1) is 5.10 Å². The molecule has 12 heteroatoms. The number of aliphatic carboxylic acids is 2. The van der Waals surface area contributed by atoms with Gasteiger partial charge >= 0.3 is 18.1 Å². The van der Waals surface area contributed by atoms with Crippen LogP contribution in [0.5, 0.6) is 5.75 Å². The van der Waals surface area contributed by atoms with Crippen LogP contribution in [-0.4, -0.2) is 60.9 Å². The van der Waals surface area contributed by atoms with E-state index in [1.54, 1.807) is 4.68 Å². The van der Waals surface area contributed by atoms with Gasteiger partial charge in [0.1, 0.15) is 17.4 Å². The Labute approximate surface area is 252 Å². The number of fused-ring (bicyclic) bond motifs is 2. The topological polar surface area (TPSA) is 118 Å². The molecule has 234 valence electrons. The van der Waals surface area contributed by atoms with Crippen molar-refractivity contribution in [3.8, 4) is 5.75 Å². The fourth-order valence-corrected chi connectivity index (χ4v) is 5.42. The number of para-hydroxylation sites is 1. The molecule has 5 rings (SSSR count). The predicted octanol–water partition coefficient (Wildman–Crippen LogP) is 6.00. The number of alkyl halides is 3. The Morgan fingerprint density at radius 3 is 2.45 bits per heavy atom. The SMILES string of the molecule is CCC1CN(Cc2cc(C(CC(=O)O)c3ccc4c(nnn4C)c3C)ccc2C)Cc2ccccc2O1.O=C(O)C(F)(F)F. The minimum atomic E-state index is -5.08. The van der Waals surface area contributed by atoms with Gasteiger partial charge in [-0.3, -0.25) is 9.69 Å². The summed E-state index contributed by atoms with van der Waals surface area (Å²) in [5.74, 6) is -2.89. The maximum Gasteiger partial charge on any atom is 0.490 e. The Bertz CT molecular complexity index is 1650. The monoisotopic (exact) mass is 612 g/mol. The van der Waals surface area contributed by atoms with Gasteiger partial charge in [0, 0.05) is 38.2 Å². The van der Waals surface area contributed by atoms with E-state index >= 15 is 0 Å². The number of carboxylic acid groups (broad SMARTS) is 2. The van der Waals surface area contributed by atoms with Crippen LogP contribution in [0.25, 0.3) is 11.0 Å². The summed E-state index contributed by atoms with van der Waals surface area (Å²) in [5.41, 5.74) is 8.33. The standard InChI is InChI=1S/C30H34N4O3.C2HF3O2/c1-5-24-18-34(16-22-8-6-7-9-28(22)37-24)17-23-14-21(11-10-19(23)2)26(15-29(35)36)25-12-13-27-30(20(25)3)31-32-33(27)4;3-2(4,5)1(6)7/h6-14,24,26H,5,15-18H2,1-4H3,(H,35,36);(H,6,7). The summed E-state index contributed by atoms with van der Waals surface area (Å²) in [4.78, 5) is 23.3. The molecule has 0 spiro atoms. The van der Waals surface area contributed by atoms with Gasteiger partial charge in [0.05, 0.1) is 11.9 Å². The van der Waals surface area contributed by atoms with Gasteiger partial charge in [-0.05, 0) is 60.2 Å². The molecule has 2 unspecified atom stereocenters. The normalized spacial score (nSPS) is 15.8. The fourth-order valence-electron chi connectivity index (χ4n) is 5.42. The van der Waals surface area contributed by atoms with E-state index in [1.165, 1.54) is 16.7 Å². The third-order valence-electron chi connectivity index (χ3n) is 7.82. The number of rotatable bonds is 7. The van der Waals surface area contributed by atoms with E-state index in [0.717, 1.165) is 59.5 Å². The molecule has 2 atom stereocenters. The van der Waals surface area contributed by atoms with Crippen molar-refractivity contribution in [2.24, 2.45) is 7.05 Å². The zero-order valence-electron chi connectivity index (χ0n) is 24.9. The van der Waals surface area contributed by atoms with Gasteiger partial charge in [-0.2, -0.15) is 13.2 Å². The highest BCUT2D eigenvalue weighted by molar-refractivity contribution is 5.80. The third kappa shape index (κ3) is 7.54. The molecular weight excluding hydrogens is 577 g/mol. The number of carbonyl (C=O) groups is 2. The molecule has 1 aliphatic heterocycles. The Kier molecular flexibility index (Phi) is 9.93. The van der Waals surface area contributed by atoms with E-state index in [9.17, 15) is 23.1 Å². The first-order valence-electron chi connectivity index (χ1n) is 14.2. The highest BCUT2D eigenvalue weighted by Gasteiger charge is 2.38. The van der Waals surface area contributed by atoms with Gasteiger partial charge in [0.25, 0.3) is 0 Å². The molecule has 0 aliphatic carbocycles. The highest BCUT2D eigenvalue weighted by atomic mass is 19.4. The Morgan fingerprint density at radius 1 is 1.09 bits per heavy atom. The maximum atomic E-state index is 12.0. The lowest BCUT2D eigenvalue weighted by Crippen LogP contribution is -2.32. The Balaban J connectivity index is 0.000000566. The lowest BCUT2D eigenvalue weighted by molar-refractivity contribution is -0.192. The van der Waals surface area contributed by atoms with Gasteiger partial charge in [0.2, 0.25) is 0 Å². The summed E-state index contributed by atoms with van der Waals surface area (Å²) in [5, 5.41) is 25.4. The minimum absolute atomic E-state index is 0.0119. The summed E-state index contributed by atoms with van der Waals surface area (Å²) >= 11 is 0. The third-order valence-corrected chi connectivity index (χ3v) is 7.82. The quantitative estimate of drug-likeness (QED) is 0.261. The first-order chi connectivity index (χ1) is 20.8. The molecule has 0 saturated heterocycles. The van der Waals surface area contributed by atoms with Gasteiger partial charge in [0.15, 0.2) is 0 Å². The van der Waals surface area contributed by atoms with Crippen molar-refractivity contribution in [2.45, 2.75) is 64.9 Å².